The van der Waals surface area contributed by atoms with E-state index in [0.717, 1.165) is 11.3 Å². The molecule has 0 unspecified atom stereocenters. The Balaban J connectivity index is 1.63. The van der Waals surface area contributed by atoms with Crippen molar-refractivity contribution in [1.82, 2.24) is 4.98 Å². The van der Waals surface area contributed by atoms with E-state index in [1.165, 1.54) is 17.4 Å². The van der Waals surface area contributed by atoms with Gasteiger partial charge in [0.2, 0.25) is 5.91 Å². The number of hydrogen-bond acceptors (Lipinski definition) is 4. The first-order valence-electron chi connectivity index (χ1n) is 7.54. The number of rotatable bonds is 6. The van der Waals surface area contributed by atoms with E-state index >= 15 is 0 Å². The number of para-hydroxylation sites is 2. The monoisotopic (exact) mass is 370 g/mol. The van der Waals surface area contributed by atoms with Crippen molar-refractivity contribution < 1.29 is 9.53 Å². The standard InChI is InChI=1S/C19H15ClN2O2S/c20-15-8-5-14(6-9-15)7-10-19(23)22-17-3-1-2-4-18(17)24-11-16-12-25-13-21-16/h1-10,12-13H,11H2,(H,22,23)/b10-7+. The van der Waals surface area contributed by atoms with Crippen molar-refractivity contribution >= 4 is 40.6 Å². The maximum Gasteiger partial charge on any atom is 0.248 e. The third-order valence-corrected chi connectivity index (χ3v) is 4.19. The van der Waals surface area contributed by atoms with Crippen molar-refractivity contribution in [1.29, 1.82) is 0 Å². The van der Waals surface area contributed by atoms with Gasteiger partial charge in [0.1, 0.15) is 12.4 Å². The van der Waals surface area contributed by atoms with Crippen molar-refractivity contribution in [2.75, 3.05) is 5.32 Å². The third kappa shape index (κ3) is 5.17. The summed E-state index contributed by atoms with van der Waals surface area (Å²) in [6.07, 6.45) is 3.20. The van der Waals surface area contributed by atoms with Crippen LogP contribution in [0.5, 0.6) is 5.75 Å². The Morgan fingerprint density at radius 2 is 2.00 bits per heavy atom. The predicted octanol–water partition coefficient (Wildman–Crippen LogP) is 5.03. The van der Waals surface area contributed by atoms with Crippen LogP contribution in [0.25, 0.3) is 6.08 Å². The highest BCUT2D eigenvalue weighted by Crippen LogP contribution is 2.24. The second-order valence-electron chi connectivity index (χ2n) is 5.14. The van der Waals surface area contributed by atoms with Gasteiger partial charge in [-0.25, -0.2) is 4.98 Å². The van der Waals surface area contributed by atoms with Gasteiger partial charge in [-0.15, -0.1) is 11.3 Å². The highest BCUT2D eigenvalue weighted by atomic mass is 35.5. The van der Waals surface area contributed by atoms with E-state index in [2.05, 4.69) is 10.3 Å². The number of anilines is 1. The Labute approximate surface area is 154 Å². The highest BCUT2D eigenvalue weighted by molar-refractivity contribution is 7.07. The van der Waals surface area contributed by atoms with Crippen molar-refractivity contribution in [2.45, 2.75) is 6.61 Å². The molecule has 126 valence electrons. The van der Waals surface area contributed by atoms with E-state index in [4.69, 9.17) is 16.3 Å². The smallest absolute Gasteiger partial charge is 0.248 e. The average Bonchev–Trinajstić information content (AvgIpc) is 3.14. The molecular formula is C19H15ClN2O2S. The van der Waals surface area contributed by atoms with Gasteiger partial charge in [0.25, 0.3) is 0 Å². The number of hydrogen-bond donors (Lipinski definition) is 1. The lowest BCUT2D eigenvalue weighted by Gasteiger charge is -2.10. The summed E-state index contributed by atoms with van der Waals surface area (Å²) in [5.41, 5.74) is 4.12. The van der Waals surface area contributed by atoms with Gasteiger partial charge in [-0.05, 0) is 35.9 Å². The first-order valence-corrected chi connectivity index (χ1v) is 8.86. The first-order chi connectivity index (χ1) is 12.2. The summed E-state index contributed by atoms with van der Waals surface area (Å²) in [5.74, 6) is 0.364. The number of benzene rings is 2. The molecule has 2 aromatic carbocycles. The molecule has 0 bridgehead atoms. The van der Waals surface area contributed by atoms with Crippen molar-refractivity contribution in [3.8, 4) is 5.75 Å². The number of ether oxygens (including phenoxy) is 1. The lowest BCUT2D eigenvalue weighted by molar-refractivity contribution is -0.111. The average molecular weight is 371 g/mol. The van der Waals surface area contributed by atoms with Crippen LogP contribution in [-0.2, 0) is 11.4 Å². The van der Waals surface area contributed by atoms with E-state index in [1.54, 1.807) is 29.8 Å². The van der Waals surface area contributed by atoms with Crippen molar-refractivity contribution in [3.63, 3.8) is 0 Å². The Hall–Kier alpha value is -2.63. The quantitative estimate of drug-likeness (QED) is 0.619. The van der Waals surface area contributed by atoms with E-state index in [9.17, 15) is 4.79 Å². The van der Waals surface area contributed by atoms with Gasteiger partial charge in [0, 0.05) is 16.5 Å². The molecular weight excluding hydrogens is 356 g/mol. The van der Waals surface area contributed by atoms with E-state index in [1.807, 2.05) is 35.7 Å². The third-order valence-electron chi connectivity index (χ3n) is 3.30. The molecule has 0 atom stereocenters. The van der Waals surface area contributed by atoms with Crippen LogP contribution in [0.4, 0.5) is 5.69 Å². The molecule has 6 heteroatoms. The molecule has 3 aromatic rings. The molecule has 1 heterocycles. The first kappa shape index (κ1) is 17.2. The summed E-state index contributed by atoms with van der Waals surface area (Å²) in [5, 5.41) is 5.41. The number of nitrogens with one attached hydrogen (secondary N) is 1. The van der Waals surface area contributed by atoms with Crippen molar-refractivity contribution in [3.05, 3.63) is 81.8 Å². The molecule has 0 spiro atoms. The lowest BCUT2D eigenvalue weighted by Crippen LogP contribution is -2.09. The molecule has 0 saturated carbocycles. The van der Waals surface area contributed by atoms with Gasteiger partial charge in [-0.3, -0.25) is 4.79 Å². The normalized spacial score (nSPS) is 10.8. The lowest BCUT2D eigenvalue weighted by atomic mass is 10.2. The summed E-state index contributed by atoms with van der Waals surface area (Å²) in [4.78, 5) is 16.3. The summed E-state index contributed by atoms with van der Waals surface area (Å²) in [6.45, 7) is 0.358. The van der Waals surface area contributed by atoms with Crippen molar-refractivity contribution in [2.24, 2.45) is 0 Å². The Bertz CT molecular complexity index is 861. The molecule has 4 nitrogen and oxygen atoms in total. The fourth-order valence-electron chi connectivity index (χ4n) is 2.08. The molecule has 3 rings (SSSR count). The molecule has 25 heavy (non-hydrogen) atoms. The molecule has 0 saturated heterocycles. The fourth-order valence-corrected chi connectivity index (χ4v) is 2.75. The molecule has 0 fully saturated rings. The summed E-state index contributed by atoms with van der Waals surface area (Å²) >= 11 is 7.36. The molecule has 1 aromatic heterocycles. The minimum Gasteiger partial charge on any atom is -0.485 e. The Kier molecular flexibility index (Phi) is 5.82. The number of thiazole rings is 1. The molecule has 1 N–H and O–H groups in total. The SMILES string of the molecule is O=C(/C=C/c1ccc(Cl)cc1)Nc1ccccc1OCc1cscn1. The Morgan fingerprint density at radius 3 is 2.76 bits per heavy atom. The molecule has 0 aliphatic rings. The fraction of sp³-hybridized carbons (Fsp3) is 0.0526. The zero-order valence-corrected chi connectivity index (χ0v) is 14.8. The minimum atomic E-state index is -0.236. The van der Waals surface area contributed by atoms with Crippen LogP contribution in [0.3, 0.4) is 0 Å². The van der Waals surface area contributed by atoms with Crippen LogP contribution in [0, 0.1) is 0 Å². The second-order valence-corrected chi connectivity index (χ2v) is 6.29. The van der Waals surface area contributed by atoms with Gasteiger partial charge in [0.15, 0.2) is 0 Å². The zero-order chi connectivity index (χ0) is 17.5. The number of amides is 1. The van der Waals surface area contributed by atoms with Gasteiger partial charge >= 0.3 is 0 Å². The van der Waals surface area contributed by atoms with Gasteiger partial charge in [-0.1, -0.05) is 35.9 Å². The summed E-state index contributed by atoms with van der Waals surface area (Å²) in [7, 11) is 0. The second kappa shape index (κ2) is 8.46. The van der Waals surface area contributed by atoms with E-state index in [-0.39, 0.29) is 5.91 Å². The molecule has 1 amide bonds. The number of nitrogens with zero attached hydrogens (tertiary/aromatic N) is 1. The predicted molar refractivity (Wildman–Crippen MR) is 102 cm³/mol. The molecule has 0 aliphatic carbocycles. The van der Waals surface area contributed by atoms with E-state index in [0.29, 0.717) is 23.1 Å². The largest absolute Gasteiger partial charge is 0.485 e. The van der Waals surface area contributed by atoms with Gasteiger partial charge in [-0.2, -0.15) is 0 Å². The maximum absolute atomic E-state index is 12.1. The topological polar surface area (TPSA) is 51.2 Å². The maximum atomic E-state index is 12.1. The number of halogens is 1. The van der Waals surface area contributed by atoms with E-state index < -0.39 is 0 Å². The number of carbonyl (C=O) groups is 1. The Morgan fingerprint density at radius 1 is 1.20 bits per heavy atom. The summed E-state index contributed by atoms with van der Waals surface area (Å²) < 4.78 is 5.75. The van der Waals surface area contributed by atoms with Crippen LogP contribution in [0.15, 0.2) is 65.5 Å². The van der Waals surface area contributed by atoms with Gasteiger partial charge < -0.3 is 10.1 Å². The summed E-state index contributed by atoms with van der Waals surface area (Å²) in [6, 6.07) is 14.6. The van der Waals surface area contributed by atoms with Crippen LogP contribution >= 0.6 is 22.9 Å². The van der Waals surface area contributed by atoms with Crippen LogP contribution in [-0.4, -0.2) is 10.9 Å². The number of carbonyl (C=O) groups excluding carboxylic acids is 1. The van der Waals surface area contributed by atoms with Gasteiger partial charge in [0.05, 0.1) is 16.9 Å². The van der Waals surface area contributed by atoms with Crippen LogP contribution in [0.2, 0.25) is 5.02 Å². The molecule has 0 aliphatic heterocycles. The number of aromatic nitrogens is 1. The van der Waals surface area contributed by atoms with Crippen LogP contribution < -0.4 is 10.1 Å². The molecule has 0 radical (unpaired) electrons. The van der Waals surface area contributed by atoms with Crippen LogP contribution in [0.1, 0.15) is 11.3 Å². The zero-order valence-electron chi connectivity index (χ0n) is 13.2. The minimum absolute atomic E-state index is 0.236. The highest BCUT2D eigenvalue weighted by Gasteiger charge is 2.06.